The lowest BCUT2D eigenvalue weighted by Gasteiger charge is -2.23. The number of unbranched alkanes of at least 4 members (excludes halogenated alkanes) is 31. The highest BCUT2D eigenvalue weighted by Crippen LogP contribution is 2.17. The van der Waals surface area contributed by atoms with Crippen molar-refractivity contribution < 1.29 is 24.5 Å². The van der Waals surface area contributed by atoms with Crippen LogP contribution in [0.25, 0.3) is 0 Å². The fraction of sp³-hybridized carbons (Fsp3) is 0.882. The number of carbonyl (C=O) groups excluding carboxylic acids is 2. The van der Waals surface area contributed by atoms with Crippen molar-refractivity contribution in [2.24, 2.45) is 0 Å². The third kappa shape index (κ3) is 40.9. The summed E-state index contributed by atoms with van der Waals surface area (Å²) in [5, 5.41) is 23.7. The SMILES string of the molecule is CCCCCCCC/C=C\C/C=C/C(CC(=O)NC(CO)C(O)CCCCCCCCCCCCCCCC)OC(=O)CCCCCCCCCCCCCCC. The number of esters is 1. The molecule has 0 aliphatic carbocycles. The second-order valence-corrected chi connectivity index (χ2v) is 17.2. The summed E-state index contributed by atoms with van der Waals surface area (Å²) < 4.78 is 5.82. The van der Waals surface area contributed by atoms with Crippen molar-refractivity contribution >= 4 is 11.9 Å². The number of aliphatic hydroxyl groups excluding tert-OH is 2. The maximum Gasteiger partial charge on any atom is 0.306 e. The zero-order valence-corrected chi connectivity index (χ0v) is 38.2. The molecule has 0 saturated carbocycles. The van der Waals surface area contributed by atoms with Crippen LogP contribution in [0.15, 0.2) is 24.3 Å². The van der Waals surface area contributed by atoms with Crippen LogP contribution in [0, 0.1) is 0 Å². The zero-order chi connectivity index (χ0) is 41.7. The predicted octanol–water partition coefficient (Wildman–Crippen LogP) is 14.7. The quantitative estimate of drug-likeness (QED) is 0.0324. The molecule has 0 bridgehead atoms. The maximum atomic E-state index is 13.1. The van der Waals surface area contributed by atoms with Crippen LogP contribution in [0.5, 0.6) is 0 Å². The molecule has 0 aromatic heterocycles. The number of amides is 1. The summed E-state index contributed by atoms with van der Waals surface area (Å²) >= 11 is 0. The highest BCUT2D eigenvalue weighted by Gasteiger charge is 2.23. The Morgan fingerprint density at radius 1 is 0.526 bits per heavy atom. The van der Waals surface area contributed by atoms with Crippen LogP contribution in [0.1, 0.15) is 265 Å². The summed E-state index contributed by atoms with van der Waals surface area (Å²) in [6.07, 6.45) is 51.2. The number of carbonyl (C=O) groups is 2. The molecule has 0 saturated heterocycles. The fourth-order valence-corrected chi connectivity index (χ4v) is 7.69. The summed E-state index contributed by atoms with van der Waals surface area (Å²) in [4.78, 5) is 26.0. The van der Waals surface area contributed by atoms with Gasteiger partial charge in [0.05, 0.1) is 25.2 Å². The molecule has 0 aromatic carbocycles. The second kappa shape index (κ2) is 45.4. The molecule has 0 heterocycles. The van der Waals surface area contributed by atoms with Gasteiger partial charge in [-0.05, 0) is 38.2 Å². The lowest BCUT2D eigenvalue weighted by atomic mass is 10.0. The topological polar surface area (TPSA) is 95.9 Å². The van der Waals surface area contributed by atoms with Crippen molar-refractivity contribution in [3.8, 4) is 0 Å². The molecule has 0 radical (unpaired) electrons. The number of nitrogens with one attached hydrogen (secondary N) is 1. The van der Waals surface area contributed by atoms with Gasteiger partial charge in [-0.25, -0.2) is 0 Å². The Kier molecular flexibility index (Phi) is 44.1. The van der Waals surface area contributed by atoms with Crippen molar-refractivity contribution in [3.05, 3.63) is 24.3 Å². The van der Waals surface area contributed by atoms with Crippen LogP contribution in [0.4, 0.5) is 0 Å². The first-order valence-electron chi connectivity index (χ1n) is 25.1. The van der Waals surface area contributed by atoms with E-state index < -0.39 is 18.2 Å². The van der Waals surface area contributed by atoms with E-state index >= 15 is 0 Å². The Morgan fingerprint density at radius 3 is 1.37 bits per heavy atom. The largest absolute Gasteiger partial charge is 0.458 e. The molecule has 0 rings (SSSR count). The molecule has 0 spiro atoms. The average molecular weight is 804 g/mol. The Hall–Kier alpha value is -1.66. The molecule has 336 valence electrons. The lowest BCUT2D eigenvalue weighted by Crippen LogP contribution is -2.46. The van der Waals surface area contributed by atoms with E-state index in [1.165, 1.54) is 173 Å². The normalized spacial score (nSPS) is 13.4. The van der Waals surface area contributed by atoms with Crippen molar-refractivity contribution in [2.75, 3.05) is 6.61 Å². The van der Waals surface area contributed by atoms with E-state index in [9.17, 15) is 19.8 Å². The minimum atomic E-state index is -0.805. The molecule has 0 aromatic rings. The summed E-state index contributed by atoms with van der Waals surface area (Å²) in [6, 6.07) is -0.726. The van der Waals surface area contributed by atoms with Gasteiger partial charge in [0.1, 0.15) is 6.10 Å². The van der Waals surface area contributed by atoms with Crippen LogP contribution in [-0.2, 0) is 14.3 Å². The molecular weight excluding hydrogens is 707 g/mol. The predicted molar refractivity (Wildman–Crippen MR) is 246 cm³/mol. The van der Waals surface area contributed by atoms with Gasteiger partial charge in [-0.3, -0.25) is 9.59 Å². The maximum absolute atomic E-state index is 13.1. The molecule has 1 amide bonds. The summed E-state index contributed by atoms with van der Waals surface area (Å²) in [5.41, 5.74) is 0. The first-order valence-corrected chi connectivity index (χ1v) is 25.1. The monoisotopic (exact) mass is 804 g/mol. The molecular formula is C51H97NO5. The minimum absolute atomic E-state index is 0.0234. The number of aliphatic hydroxyl groups is 2. The third-order valence-electron chi connectivity index (χ3n) is 11.5. The first-order chi connectivity index (χ1) is 28.0. The first kappa shape index (κ1) is 55.3. The molecule has 3 N–H and O–H groups in total. The number of ether oxygens (including phenoxy) is 1. The van der Waals surface area contributed by atoms with Crippen LogP contribution in [0.2, 0.25) is 0 Å². The molecule has 0 fully saturated rings. The Labute approximate surface area is 354 Å². The molecule has 0 aliphatic heterocycles. The van der Waals surface area contributed by atoms with Crippen molar-refractivity contribution in [2.45, 2.75) is 283 Å². The van der Waals surface area contributed by atoms with E-state index in [0.29, 0.717) is 12.8 Å². The van der Waals surface area contributed by atoms with Crippen molar-refractivity contribution in [1.82, 2.24) is 5.32 Å². The van der Waals surface area contributed by atoms with Gasteiger partial charge in [-0.1, -0.05) is 238 Å². The molecule has 6 heteroatoms. The van der Waals surface area contributed by atoms with Gasteiger partial charge in [0, 0.05) is 6.42 Å². The van der Waals surface area contributed by atoms with Crippen molar-refractivity contribution in [3.63, 3.8) is 0 Å². The number of rotatable bonds is 45. The number of allylic oxidation sites excluding steroid dienone is 3. The summed E-state index contributed by atoms with van der Waals surface area (Å²) in [7, 11) is 0. The fourth-order valence-electron chi connectivity index (χ4n) is 7.69. The van der Waals surface area contributed by atoms with Gasteiger partial charge in [-0.15, -0.1) is 0 Å². The van der Waals surface area contributed by atoms with Crippen LogP contribution in [0.3, 0.4) is 0 Å². The Morgan fingerprint density at radius 2 is 0.930 bits per heavy atom. The van der Waals surface area contributed by atoms with Gasteiger partial charge >= 0.3 is 5.97 Å². The van der Waals surface area contributed by atoms with E-state index in [-0.39, 0.29) is 24.9 Å². The number of hydrogen-bond acceptors (Lipinski definition) is 5. The second-order valence-electron chi connectivity index (χ2n) is 17.2. The number of hydrogen-bond donors (Lipinski definition) is 3. The van der Waals surface area contributed by atoms with E-state index in [1.54, 1.807) is 0 Å². The van der Waals surface area contributed by atoms with Crippen molar-refractivity contribution in [1.29, 1.82) is 0 Å². The summed E-state index contributed by atoms with van der Waals surface area (Å²) in [6.45, 7) is 6.45. The van der Waals surface area contributed by atoms with Gasteiger partial charge in [0.15, 0.2) is 0 Å². The standard InChI is InChI=1S/C51H97NO5/c1-4-7-10-13-16-19-22-24-26-28-31-34-37-40-43-49(54)48(46-53)52-50(55)45-47(42-39-36-33-30-27-21-18-15-12-9-6-3)57-51(56)44-41-38-35-32-29-25-23-20-17-14-11-8-5-2/h30,33,39,42,47-49,53-54H,4-29,31-32,34-38,40-41,43-46H2,1-3H3,(H,52,55)/b33-30-,42-39+. The Bertz CT molecular complexity index is 904. The minimum Gasteiger partial charge on any atom is -0.458 e. The van der Waals surface area contributed by atoms with E-state index in [4.69, 9.17) is 4.74 Å². The van der Waals surface area contributed by atoms with Gasteiger partial charge in [-0.2, -0.15) is 0 Å². The smallest absolute Gasteiger partial charge is 0.306 e. The van der Waals surface area contributed by atoms with E-state index in [1.807, 2.05) is 12.2 Å². The molecule has 57 heavy (non-hydrogen) atoms. The molecule has 3 atom stereocenters. The van der Waals surface area contributed by atoms with Gasteiger partial charge in [0.2, 0.25) is 5.91 Å². The zero-order valence-electron chi connectivity index (χ0n) is 38.2. The third-order valence-corrected chi connectivity index (χ3v) is 11.5. The van der Waals surface area contributed by atoms with Crippen LogP contribution >= 0.6 is 0 Å². The van der Waals surface area contributed by atoms with Gasteiger partial charge in [0.25, 0.3) is 0 Å². The lowest BCUT2D eigenvalue weighted by molar-refractivity contribution is -0.148. The molecule has 0 aliphatic rings. The van der Waals surface area contributed by atoms with E-state index in [2.05, 4.69) is 38.2 Å². The highest BCUT2D eigenvalue weighted by atomic mass is 16.5. The van der Waals surface area contributed by atoms with Crippen LogP contribution in [-0.4, -0.2) is 46.9 Å². The van der Waals surface area contributed by atoms with Crippen LogP contribution < -0.4 is 5.32 Å². The van der Waals surface area contributed by atoms with Gasteiger partial charge < -0.3 is 20.3 Å². The Balaban J connectivity index is 4.58. The average Bonchev–Trinajstić information content (AvgIpc) is 3.20. The van der Waals surface area contributed by atoms with E-state index in [0.717, 1.165) is 51.4 Å². The molecule has 6 nitrogen and oxygen atoms in total. The molecule has 3 unspecified atom stereocenters. The summed E-state index contributed by atoms with van der Waals surface area (Å²) in [5.74, 6) is -0.591. The highest BCUT2D eigenvalue weighted by molar-refractivity contribution is 5.78.